The normalized spacial score (nSPS) is 14.3. The van der Waals surface area contributed by atoms with E-state index in [1.165, 1.54) is 4.90 Å². The summed E-state index contributed by atoms with van der Waals surface area (Å²) >= 11 is 0. The SMILES string of the molecule is CC(C)N(C=N)C(=N)c1cccc(N2CCNC2=O)n1. The minimum absolute atomic E-state index is 0.000501. The first kappa shape index (κ1) is 14.0. The van der Waals surface area contributed by atoms with Gasteiger partial charge < -0.3 is 10.2 Å². The van der Waals surface area contributed by atoms with Crippen molar-refractivity contribution in [2.75, 3.05) is 18.0 Å². The molecule has 0 radical (unpaired) electrons. The van der Waals surface area contributed by atoms with Crippen LogP contribution in [0.25, 0.3) is 0 Å². The number of carbonyl (C=O) groups excluding carboxylic acids is 1. The fourth-order valence-corrected chi connectivity index (χ4v) is 2.00. The van der Waals surface area contributed by atoms with Crippen molar-refractivity contribution in [2.24, 2.45) is 0 Å². The molecule has 0 aromatic carbocycles. The summed E-state index contributed by atoms with van der Waals surface area (Å²) in [6, 6.07) is 5.04. The van der Waals surface area contributed by atoms with Gasteiger partial charge in [0.1, 0.15) is 11.5 Å². The number of nitrogens with one attached hydrogen (secondary N) is 3. The zero-order valence-electron chi connectivity index (χ0n) is 11.6. The molecule has 1 saturated heterocycles. The molecule has 20 heavy (non-hydrogen) atoms. The lowest BCUT2D eigenvalue weighted by molar-refractivity contribution is 0.252. The van der Waals surface area contributed by atoms with Crippen LogP contribution in [-0.4, -0.2) is 47.2 Å². The predicted octanol–water partition coefficient (Wildman–Crippen LogP) is 1.25. The van der Waals surface area contributed by atoms with Crippen molar-refractivity contribution in [1.29, 1.82) is 10.8 Å². The molecule has 1 aromatic heterocycles. The molecule has 1 aliphatic rings. The smallest absolute Gasteiger partial charge is 0.323 e. The summed E-state index contributed by atoms with van der Waals surface area (Å²) in [5, 5.41) is 18.2. The van der Waals surface area contributed by atoms with Gasteiger partial charge in [0, 0.05) is 19.1 Å². The third-order valence-corrected chi connectivity index (χ3v) is 3.06. The molecule has 0 atom stereocenters. The first-order valence-electron chi connectivity index (χ1n) is 6.45. The lowest BCUT2D eigenvalue weighted by Crippen LogP contribution is -2.36. The zero-order valence-corrected chi connectivity index (χ0v) is 11.6. The number of nitrogens with zero attached hydrogens (tertiary/aromatic N) is 3. The van der Waals surface area contributed by atoms with Gasteiger partial charge in [0.2, 0.25) is 0 Å². The molecule has 1 fully saturated rings. The molecule has 0 spiro atoms. The Bertz CT molecular complexity index is 541. The second-order valence-corrected chi connectivity index (χ2v) is 4.74. The van der Waals surface area contributed by atoms with Crippen molar-refractivity contribution in [1.82, 2.24) is 15.2 Å². The molecule has 3 N–H and O–H groups in total. The number of pyridine rings is 1. The Morgan fingerprint density at radius 2 is 2.30 bits per heavy atom. The molecule has 0 bridgehead atoms. The lowest BCUT2D eigenvalue weighted by Gasteiger charge is -2.24. The van der Waals surface area contributed by atoms with Crippen molar-refractivity contribution < 1.29 is 4.79 Å². The summed E-state index contributed by atoms with van der Waals surface area (Å²) in [5.74, 6) is 0.674. The Morgan fingerprint density at radius 1 is 1.55 bits per heavy atom. The monoisotopic (exact) mass is 274 g/mol. The number of anilines is 1. The summed E-state index contributed by atoms with van der Waals surface area (Å²) in [7, 11) is 0. The Labute approximate surface area is 117 Å². The van der Waals surface area contributed by atoms with E-state index in [1.807, 2.05) is 13.8 Å². The average molecular weight is 274 g/mol. The van der Waals surface area contributed by atoms with Crippen LogP contribution in [0.3, 0.4) is 0 Å². The van der Waals surface area contributed by atoms with Crippen LogP contribution in [0.15, 0.2) is 18.2 Å². The fraction of sp³-hybridized carbons (Fsp3) is 0.385. The van der Waals surface area contributed by atoms with Gasteiger partial charge in [-0.2, -0.15) is 0 Å². The summed E-state index contributed by atoms with van der Waals surface area (Å²) < 4.78 is 0. The average Bonchev–Trinajstić information content (AvgIpc) is 2.85. The highest BCUT2D eigenvalue weighted by Gasteiger charge is 2.23. The van der Waals surface area contributed by atoms with Gasteiger partial charge >= 0.3 is 6.03 Å². The van der Waals surface area contributed by atoms with Crippen molar-refractivity contribution in [3.05, 3.63) is 23.9 Å². The maximum Gasteiger partial charge on any atom is 0.323 e. The van der Waals surface area contributed by atoms with E-state index < -0.39 is 0 Å². The van der Waals surface area contributed by atoms with Gasteiger partial charge in [0.15, 0.2) is 5.84 Å². The molecule has 7 nitrogen and oxygen atoms in total. The first-order valence-corrected chi connectivity index (χ1v) is 6.45. The summed E-state index contributed by atoms with van der Waals surface area (Å²) in [5.41, 5.74) is 0.444. The van der Waals surface area contributed by atoms with Crippen LogP contribution in [0.1, 0.15) is 19.5 Å². The van der Waals surface area contributed by atoms with E-state index >= 15 is 0 Å². The zero-order chi connectivity index (χ0) is 14.7. The predicted molar refractivity (Wildman–Crippen MR) is 77.6 cm³/mol. The molecular formula is C13H18N6O. The largest absolute Gasteiger partial charge is 0.336 e. The van der Waals surface area contributed by atoms with E-state index in [2.05, 4.69) is 10.3 Å². The van der Waals surface area contributed by atoms with E-state index in [4.69, 9.17) is 10.8 Å². The number of hydrogen-bond acceptors (Lipinski definition) is 4. The van der Waals surface area contributed by atoms with Crippen molar-refractivity contribution >= 4 is 24.0 Å². The van der Waals surface area contributed by atoms with Crippen molar-refractivity contribution in [3.63, 3.8) is 0 Å². The molecule has 106 valence electrons. The molecule has 1 aromatic rings. The van der Waals surface area contributed by atoms with Gasteiger partial charge in [0.05, 0.1) is 6.34 Å². The first-order chi connectivity index (χ1) is 9.54. The van der Waals surface area contributed by atoms with Crippen molar-refractivity contribution in [3.8, 4) is 0 Å². The molecule has 1 aliphatic heterocycles. The van der Waals surface area contributed by atoms with Crippen LogP contribution in [-0.2, 0) is 0 Å². The molecule has 0 unspecified atom stereocenters. The van der Waals surface area contributed by atoms with Crippen LogP contribution < -0.4 is 10.2 Å². The van der Waals surface area contributed by atoms with Crippen molar-refractivity contribution in [2.45, 2.75) is 19.9 Å². The van der Waals surface area contributed by atoms with Gasteiger partial charge in [-0.25, -0.2) is 9.78 Å². The molecule has 0 saturated carbocycles. The lowest BCUT2D eigenvalue weighted by atomic mass is 10.2. The fourth-order valence-electron chi connectivity index (χ4n) is 2.00. The summed E-state index contributed by atoms with van der Waals surface area (Å²) in [6.07, 6.45) is 1.11. The Morgan fingerprint density at radius 3 is 2.85 bits per heavy atom. The maximum atomic E-state index is 11.6. The van der Waals surface area contributed by atoms with Gasteiger partial charge in [-0.1, -0.05) is 6.07 Å². The second kappa shape index (κ2) is 5.68. The number of amides is 2. The third kappa shape index (κ3) is 2.61. The number of rotatable bonds is 4. The van der Waals surface area contributed by atoms with E-state index in [1.54, 1.807) is 23.1 Å². The summed E-state index contributed by atoms with van der Waals surface area (Å²) in [6.45, 7) is 4.97. The number of urea groups is 1. The van der Waals surface area contributed by atoms with Gasteiger partial charge in [-0.3, -0.25) is 15.7 Å². The maximum absolute atomic E-state index is 11.6. The molecule has 2 amide bonds. The Balaban J connectivity index is 2.27. The standard InChI is InChI=1S/C13H18N6O/c1-9(2)19(8-14)12(15)10-4-3-5-11(17-10)18-7-6-16-13(18)20/h3-5,8-9,14-15H,6-7H2,1-2H3,(H,16,20). The number of hydrogen-bond donors (Lipinski definition) is 3. The Kier molecular flexibility index (Phi) is 3.97. The minimum Gasteiger partial charge on any atom is -0.336 e. The molecule has 0 aliphatic carbocycles. The van der Waals surface area contributed by atoms with Crippen LogP contribution in [0, 0.1) is 10.8 Å². The number of amidine groups is 1. The Hall–Kier alpha value is -2.44. The summed E-state index contributed by atoms with van der Waals surface area (Å²) in [4.78, 5) is 19.0. The van der Waals surface area contributed by atoms with Crippen LogP contribution in [0.4, 0.5) is 10.6 Å². The van der Waals surface area contributed by atoms with Gasteiger partial charge in [-0.05, 0) is 26.0 Å². The molecule has 2 rings (SSSR count). The van der Waals surface area contributed by atoms with Crippen LogP contribution in [0.5, 0.6) is 0 Å². The number of carbonyl (C=O) groups is 1. The highest BCUT2D eigenvalue weighted by molar-refractivity contribution is 6.01. The van der Waals surface area contributed by atoms with Gasteiger partial charge in [-0.15, -0.1) is 0 Å². The van der Waals surface area contributed by atoms with Gasteiger partial charge in [0.25, 0.3) is 0 Å². The minimum atomic E-state index is -0.172. The quantitative estimate of drug-likeness (QED) is 0.569. The topological polar surface area (TPSA) is 96.2 Å². The third-order valence-electron chi connectivity index (χ3n) is 3.06. The van der Waals surface area contributed by atoms with Crippen LogP contribution in [0.2, 0.25) is 0 Å². The molecule has 2 heterocycles. The van der Waals surface area contributed by atoms with E-state index in [0.717, 1.165) is 6.34 Å². The highest BCUT2D eigenvalue weighted by Crippen LogP contribution is 2.15. The van der Waals surface area contributed by atoms with Crippen LogP contribution >= 0.6 is 0 Å². The van der Waals surface area contributed by atoms with E-state index in [9.17, 15) is 4.79 Å². The second-order valence-electron chi connectivity index (χ2n) is 4.74. The van der Waals surface area contributed by atoms with E-state index in [0.29, 0.717) is 24.6 Å². The van der Waals surface area contributed by atoms with E-state index in [-0.39, 0.29) is 17.9 Å². The number of aromatic nitrogens is 1. The molecule has 7 heteroatoms. The highest BCUT2D eigenvalue weighted by atomic mass is 16.2. The molecular weight excluding hydrogens is 256 g/mol.